The minimum absolute atomic E-state index is 0.0160. The summed E-state index contributed by atoms with van der Waals surface area (Å²) in [6.45, 7) is -1.30. The molecule has 16 nitrogen and oxygen atoms in total. The number of aliphatic hydroxyl groups is 7. The van der Waals surface area contributed by atoms with E-state index in [4.69, 9.17) is 28.1 Å². The van der Waals surface area contributed by atoms with Gasteiger partial charge in [-0.15, -0.1) is 0 Å². The Morgan fingerprint density at radius 1 is 0.818 bits per heavy atom. The van der Waals surface area contributed by atoms with Crippen LogP contribution in [0.3, 0.4) is 0 Å². The van der Waals surface area contributed by atoms with Crippen LogP contribution in [0.5, 0.6) is 23.0 Å². The molecular formula is C28H32O16. The molecule has 0 unspecified atom stereocenters. The number of phenolic OH excluding ortho intramolecular Hbond substituents is 2. The van der Waals surface area contributed by atoms with Crippen LogP contribution in [-0.2, 0) is 14.2 Å². The van der Waals surface area contributed by atoms with E-state index in [9.17, 15) is 50.8 Å². The number of methoxy groups -OCH3 is 1. The largest absolute Gasteiger partial charge is 0.508 e. The van der Waals surface area contributed by atoms with E-state index in [1.807, 2.05) is 0 Å². The number of rotatable bonds is 8. The molecule has 2 aliphatic heterocycles. The first-order chi connectivity index (χ1) is 21.0. The monoisotopic (exact) mass is 624 g/mol. The summed E-state index contributed by atoms with van der Waals surface area (Å²) in [7, 11) is 1.17. The summed E-state index contributed by atoms with van der Waals surface area (Å²) in [5.41, 5.74) is -0.286. The molecule has 0 saturated carbocycles. The van der Waals surface area contributed by atoms with Crippen LogP contribution in [0.15, 0.2) is 45.8 Å². The highest BCUT2D eigenvalue weighted by atomic mass is 16.7. The number of hydrogen-bond acceptors (Lipinski definition) is 16. The molecule has 0 radical (unpaired) electrons. The Balaban J connectivity index is 1.39. The predicted octanol–water partition coefficient (Wildman–Crippen LogP) is -2.12. The van der Waals surface area contributed by atoms with E-state index in [1.54, 1.807) is 0 Å². The van der Waals surface area contributed by atoms with Crippen molar-refractivity contribution in [2.45, 2.75) is 61.4 Å². The third-order valence-electron chi connectivity index (χ3n) is 7.53. The Labute approximate surface area is 248 Å². The summed E-state index contributed by atoms with van der Waals surface area (Å²) in [6.07, 6.45) is -15.4. The molecule has 10 atom stereocenters. The molecule has 16 heteroatoms. The maximum Gasteiger partial charge on any atom is 0.229 e. The van der Waals surface area contributed by atoms with Crippen molar-refractivity contribution in [1.29, 1.82) is 0 Å². The smallest absolute Gasteiger partial charge is 0.229 e. The molecule has 5 rings (SSSR count). The van der Waals surface area contributed by atoms with E-state index in [-0.39, 0.29) is 33.8 Å². The number of ether oxygens (including phenoxy) is 5. The molecule has 2 aromatic carbocycles. The van der Waals surface area contributed by atoms with Gasteiger partial charge in [-0.1, -0.05) is 12.1 Å². The highest BCUT2D eigenvalue weighted by molar-refractivity contribution is 5.91. The van der Waals surface area contributed by atoms with Gasteiger partial charge in [-0.3, -0.25) is 4.79 Å². The van der Waals surface area contributed by atoms with Crippen LogP contribution < -0.4 is 14.9 Å². The lowest BCUT2D eigenvalue weighted by Crippen LogP contribution is -2.62. The van der Waals surface area contributed by atoms with E-state index in [0.29, 0.717) is 5.56 Å². The molecule has 2 aliphatic rings. The molecule has 44 heavy (non-hydrogen) atoms. The van der Waals surface area contributed by atoms with Crippen molar-refractivity contribution in [3.05, 3.63) is 46.8 Å². The average molecular weight is 625 g/mol. The lowest BCUT2D eigenvalue weighted by Gasteiger charge is -2.42. The first-order valence-electron chi connectivity index (χ1n) is 13.4. The van der Waals surface area contributed by atoms with Gasteiger partial charge in [0.05, 0.1) is 25.9 Å². The van der Waals surface area contributed by atoms with Crippen LogP contribution in [0.1, 0.15) is 0 Å². The minimum atomic E-state index is -1.85. The molecule has 0 spiro atoms. The number of fused-ring (bicyclic) bond motifs is 1. The van der Waals surface area contributed by atoms with Crippen molar-refractivity contribution < 1.29 is 74.1 Å². The quantitative estimate of drug-likeness (QED) is 0.130. The van der Waals surface area contributed by atoms with E-state index >= 15 is 0 Å². The van der Waals surface area contributed by atoms with Crippen molar-refractivity contribution in [3.63, 3.8) is 0 Å². The van der Waals surface area contributed by atoms with Gasteiger partial charge in [-0.05, 0) is 17.7 Å². The second-order valence-electron chi connectivity index (χ2n) is 10.3. The van der Waals surface area contributed by atoms with Crippen LogP contribution in [-0.4, -0.2) is 128 Å². The van der Waals surface area contributed by atoms with Gasteiger partial charge in [0.2, 0.25) is 17.5 Å². The number of phenols is 2. The Morgan fingerprint density at radius 3 is 2.07 bits per heavy atom. The zero-order valence-electron chi connectivity index (χ0n) is 23.0. The number of benzene rings is 2. The maximum atomic E-state index is 13.3. The van der Waals surface area contributed by atoms with Gasteiger partial charge in [0.1, 0.15) is 71.8 Å². The van der Waals surface area contributed by atoms with Gasteiger partial charge in [0.15, 0.2) is 17.8 Å². The zero-order valence-corrected chi connectivity index (χ0v) is 23.0. The second kappa shape index (κ2) is 12.8. The Morgan fingerprint density at radius 2 is 1.43 bits per heavy atom. The highest BCUT2D eigenvalue weighted by Gasteiger charge is 2.48. The lowest BCUT2D eigenvalue weighted by molar-refractivity contribution is -0.323. The van der Waals surface area contributed by atoms with Crippen molar-refractivity contribution in [3.8, 4) is 34.1 Å². The summed E-state index contributed by atoms with van der Waals surface area (Å²) in [4.78, 5) is 13.3. The van der Waals surface area contributed by atoms with Crippen LogP contribution in [0, 0.1) is 0 Å². The Bertz CT molecular complexity index is 1510. The van der Waals surface area contributed by atoms with Gasteiger partial charge < -0.3 is 74.1 Å². The lowest BCUT2D eigenvalue weighted by atomic mass is 9.98. The van der Waals surface area contributed by atoms with Crippen LogP contribution in [0.4, 0.5) is 0 Å². The van der Waals surface area contributed by atoms with E-state index < -0.39 is 85.8 Å². The summed E-state index contributed by atoms with van der Waals surface area (Å²) >= 11 is 0. The predicted molar refractivity (Wildman–Crippen MR) is 145 cm³/mol. The molecule has 0 amide bonds. The molecule has 0 aliphatic carbocycles. The van der Waals surface area contributed by atoms with Crippen molar-refractivity contribution in [2.24, 2.45) is 0 Å². The summed E-state index contributed by atoms with van der Waals surface area (Å²) < 4.78 is 32.9. The molecule has 240 valence electrons. The SMILES string of the molecule is COc1c(O[C@@H]2O[C@H](CO[C@H]3O[C@@H](CO)[C@H](O)[C@@H](O)[C@H]3O)[C@@H](O)[C@H](O)[C@H]2O)cc2occ(-c3ccc(O)cc3)c(=O)c2c1O. The highest BCUT2D eigenvalue weighted by Crippen LogP contribution is 2.43. The van der Waals surface area contributed by atoms with Crippen LogP contribution in [0.25, 0.3) is 22.1 Å². The molecular weight excluding hydrogens is 592 g/mol. The first-order valence-corrected chi connectivity index (χ1v) is 13.4. The maximum absolute atomic E-state index is 13.3. The zero-order chi connectivity index (χ0) is 31.9. The van der Waals surface area contributed by atoms with E-state index in [2.05, 4.69) is 0 Å². The Kier molecular flexibility index (Phi) is 9.28. The number of aromatic hydroxyl groups is 2. The van der Waals surface area contributed by atoms with E-state index in [0.717, 1.165) is 6.26 Å². The number of aliphatic hydroxyl groups excluding tert-OH is 7. The second-order valence-corrected chi connectivity index (χ2v) is 10.3. The average Bonchev–Trinajstić information content (AvgIpc) is 3.01. The van der Waals surface area contributed by atoms with Gasteiger partial charge in [0, 0.05) is 6.07 Å². The summed E-state index contributed by atoms with van der Waals surface area (Å²) in [5, 5.41) is 91.4. The molecule has 2 fully saturated rings. The number of hydrogen-bond donors (Lipinski definition) is 9. The normalized spacial score (nSPS) is 32.5. The molecule has 2 saturated heterocycles. The fraction of sp³-hybridized carbons (Fsp3) is 0.464. The Hall–Kier alpha value is -3.55. The van der Waals surface area contributed by atoms with Crippen LogP contribution in [0.2, 0.25) is 0 Å². The van der Waals surface area contributed by atoms with Gasteiger partial charge >= 0.3 is 0 Å². The van der Waals surface area contributed by atoms with E-state index in [1.165, 1.54) is 37.4 Å². The fourth-order valence-corrected chi connectivity index (χ4v) is 5.02. The minimum Gasteiger partial charge on any atom is -0.508 e. The fourth-order valence-electron chi connectivity index (χ4n) is 5.02. The third-order valence-corrected chi connectivity index (χ3v) is 7.53. The van der Waals surface area contributed by atoms with Gasteiger partial charge in [-0.25, -0.2) is 0 Å². The summed E-state index contributed by atoms with van der Waals surface area (Å²) in [6, 6.07) is 6.90. The topological polar surface area (TPSA) is 258 Å². The molecule has 1 aromatic heterocycles. The van der Waals surface area contributed by atoms with Crippen molar-refractivity contribution >= 4 is 11.0 Å². The van der Waals surface area contributed by atoms with Crippen molar-refractivity contribution in [2.75, 3.05) is 20.3 Å². The molecule has 3 aromatic rings. The molecule has 9 N–H and O–H groups in total. The standard InChI is InChI=1S/C28H32O16/c1-39-26-14(6-13-17(21(26)34)18(31)12(8-40-13)10-2-4-11(30)5-3-10)42-28-25(38)23(36)20(33)16(44-28)9-41-27-24(37)22(35)19(32)15(7-29)43-27/h2-6,8,15-16,19-20,22-25,27-30,32-38H,7,9H2,1H3/t15-,16+,19-,20+,22+,23-,24+,25+,27-,28+/m0/s1. The third kappa shape index (κ3) is 5.80. The van der Waals surface area contributed by atoms with Crippen LogP contribution >= 0.6 is 0 Å². The molecule has 3 heterocycles. The first kappa shape index (κ1) is 31.9. The van der Waals surface area contributed by atoms with Gasteiger partial charge in [0.25, 0.3) is 0 Å². The molecule has 0 bridgehead atoms. The summed E-state index contributed by atoms with van der Waals surface area (Å²) in [5.74, 6) is -1.31. The van der Waals surface area contributed by atoms with Gasteiger partial charge in [-0.2, -0.15) is 0 Å². The van der Waals surface area contributed by atoms with Crippen molar-refractivity contribution in [1.82, 2.24) is 0 Å².